The van der Waals surface area contributed by atoms with Gasteiger partial charge in [-0.15, -0.1) is 0 Å². The molecule has 2 rings (SSSR count). The van der Waals surface area contributed by atoms with Gasteiger partial charge in [0.25, 0.3) is 0 Å². The van der Waals surface area contributed by atoms with Crippen LogP contribution in [0.25, 0.3) is 0 Å². The normalized spacial score (nSPS) is 24.8. The van der Waals surface area contributed by atoms with Crippen LogP contribution in [0.3, 0.4) is 0 Å². The second-order valence-corrected chi connectivity index (χ2v) is 5.78. The van der Waals surface area contributed by atoms with Crippen LogP contribution in [0, 0.1) is 0 Å². The Morgan fingerprint density at radius 1 is 1.38 bits per heavy atom. The topological polar surface area (TPSA) is 15.3 Å². The van der Waals surface area contributed by atoms with Crippen LogP contribution < -0.4 is 10.2 Å². The summed E-state index contributed by atoms with van der Waals surface area (Å²) in [6.45, 7) is 3.42. The first-order chi connectivity index (χ1) is 7.53. The van der Waals surface area contributed by atoms with Gasteiger partial charge in [0.15, 0.2) is 0 Å². The molecule has 0 amide bonds. The molecule has 1 aromatic rings. The van der Waals surface area contributed by atoms with E-state index in [-0.39, 0.29) is 5.54 Å². The molecule has 0 aliphatic carbocycles. The van der Waals surface area contributed by atoms with Crippen molar-refractivity contribution in [2.75, 3.05) is 25.5 Å². The lowest BCUT2D eigenvalue weighted by Gasteiger charge is -2.27. The lowest BCUT2D eigenvalue weighted by Crippen LogP contribution is -2.33. The molecule has 0 bridgehead atoms. The van der Waals surface area contributed by atoms with Crippen LogP contribution in [0.2, 0.25) is 0 Å². The predicted octanol–water partition coefficient (Wildman–Crippen LogP) is 3.11. The summed E-state index contributed by atoms with van der Waals surface area (Å²) >= 11 is 3.60. The third-order valence-electron chi connectivity index (χ3n) is 3.43. The van der Waals surface area contributed by atoms with Crippen LogP contribution in [0.5, 0.6) is 0 Å². The molecule has 1 fully saturated rings. The third-order valence-corrected chi connectivity index (χ3v) is 4.10. The molecule has 0 aromatic heterocycles. The minimum absolute atomic E-state index is 0.158. The number of nitrogens with zero attached hydrogens (tertiary/aromatic N) is 1. The maximum atomic E-state index is 3.60. The van der Waals surface area contributed by atoms with E-state index >= 15 is 0 Å². The molecule has 0 radical (unpaired) electrons. The van der Waals surface area contributed by atoms with Gasteiger partial charge in [-0.25, -0.2) is 0 Å². The van der Waals surface area contributed by atoms with E-state index in [0.717, 1.165) is 11.0 Å². The molecule has 1 unspecified atom stereocenters. The SMILES string of the molecule is CN(C)c1cc(C2(C)CCCN2)ccc1Br. The van der Waals surface area contributed by atoms with Gasteiger partial charge >= 0.3 is 0 Å². The summed E-state index contributed by atoms with van der Waals surface area (Å²) in [5.41, 5.74) is 2.79. The highest BCUT2D eigenvalue weighted by Gasteiger charge is 2.30. The average molecular weight is 283 g/mol. The van der Waals surface area contributed by atoms with E-state index in [9.17, 15) is 0 Å². The fourth-order valence-corrected chi connectivity index (χ4v) is 2.94. The van der Waals surface area contributed by atoms with E-state index in [4.69, 9.17) is 0 Å². The number of hydrogen-bond donors (Lipinski definition) is 1. The highest BCUT2D eigenvalue weighted by molar-refractivity contribution is 9.10. The van der Waals surface area contributed by atoms with Gasteiger partial charge < -0.3 is 10.2 Å². The van der Waals surface area contributed by atoms with Crippen molar-refractivity contribution in [1.29, 1.82) is 0 Å². The number of anilines is 1. The number of rotatable bonds is 2. The quantitative estimate of drug-likeness (QED) is 0.897. The monoisotopic (exact) mass is 282 g/mol. The van der Waals surface area contributed by atoms with E-state index in [1.165, 1.54) is 24.1 Å². The number of nitrogens with one attached hydrogen (secondary N) is 1. The lowest BCUT2D eigenvalue weighted by molar-refractivity contribution is 0.435. The van der Waals surface area contributed by atoms with Gasteiger partial charge in [0.1, 0.15) is 0 Å². The molecule has 1 aromatic carbocycles. The van der Waals surface area contributed by atoms with Crippen LogP contribution in [-0.2, 0) is 5.54 Å². The third kappa shape index (κ3) is 2.11. The van der Waals surface area contributed by atoms with Gasteiger partial charge in [-0.3, -0.25) is 0 Å². The smallest absolute Gasteiger partial charge is 0.0508 e. The minimum Gasteiger partial charge on any atom is -0.377 e. The van der Waals surface area contributed by atoms with Crippen LogP contribution >= 0.6 is 15.9 Å². The Kier molecular flexibility index (Phi) is 3.27. The minimum atomic E-state index is 0.158. The summed E-state index contributed by atoms with van der Waals surface area (Å²) in [6.07, 6.45) is 2.49. The molecule has 3 heteroatoms. The molecular formula is C13H19BrN2. The number of hydrogen-bond acceptors (Lipinski definition) is 2. The zero-order valence-electron chi connectivity index (χ0n) is 10.2. The molecule has 1 saturated heterocycles. The second-order valence-electron chi connectivity index (χ2n) is 4.92. The maximum absolute atomic E-state index is 3.60. The molecule has 1 atom stereocenters. The molecule has 0 saturated carbocycles. The first-order valence-electron chi connectivity index (χ1n) is 5.75. The molecule has 2 nitrogen and oxygen atoms in total. The first-order valence-corrected chi connectivity index (χ1v) is 6.55. The Morgan fingerprint density at radius 3 is 2.69 bits per heavy atom. The van der Waals surface area contributed by atoms with E-state index < -0.39 is 0 Å². The molecule has 1 aliphatic heterocycles. The summed E-state index contributed by atoms with van der Waals surface area (Å²) in [7, 11) is 4.16. The van der Waals surface area contributed by atoms with Crippen molar-refractivity contribution >= 4 is 21.6 Å². The zero-order chi connectivity index (χ0) is 11.8. The largest absolute Gasteiger partial charge is 0.377 e. The Morgan fingerprint density at radius 2 is 2.12 bits per heavy atom. The van der Waals surface area contributed by atoms with Crippen molar-refractivity contribution in [3.63, 3.8) is 0 Å². The highest BCUT2D eigenvalue weighted by atomic mass is 79.9. The van der Waals surface area contributed by atoms with Gasteiger partial charge in [0, 0.05) is 24.1 Å². The van der Waals surface area contributed by atoms with Crippen molar-refractivity contribution in [2.24, 2.45) is 0 Å². The van der Waals surface area contributed by atoms with Crippen molar-refractivity contribution in [3.05, 3.63) is 28.2 Å². The van der Waals surface area contributed by atoms with E-state index in [0.29, 0.717) is 0 Å². The Balaban J connectivity index is 2.39. The fourth-order valence-electron chi connectivity index (χ4n) is 2.34. The van der Waals surface area contributed by atoms with Gasteiger partial charge in [-0.05, 0) is 59.9 Å². The van der Waals surface area contributed by atoms with Crippen molar-refractivity contribution < 1.29 is 0 Å². The Hall–Kier alpha value is -0.540. The fraction of sp³-hybridized carbons (Fsp3) is 0.538. The molecule has 1 aliphatic rings. The van der Waals surface area contributed by atoms with Crippen molar-refractivity contribution in [2.45, 2.75) is 25.3 Å². The van der Waals surface area contributed by atoms with Crippen LogP contribution in [0.4, 0.5) is 5.69 Å². The van der Waals surface area contributed by atoms with Gasteiger partial charge in [-0.2, -0.15) is 0 Å². The summed E-state index contributed by atoms with van der Waals surface area (Å²) in [5, 5.41) is 3.60. The summed E-state index contributed by atoms with van der Waals surface area (Å²) in [4.78, 5) is 2.14. The van der Waals surface area contributed by atoms with Crippen LogP contribution in [-0.4, -0.2) is 20.6 Å². The van der Waals surface area contributed by atoms with Crippen molar-refractivity contribution in [1.82, 2.24) is 5.32 Å². The molecule has 16 heavy (non-hydrogen) atoms. The molecule has 1 heterocycles. The van der Waals surface area contributed by atoms with E-state index in [2.05, 4.69) is 65.4 Å². The second kappa shape index (κ2) is 4.38. The number of benzene rings is 1. The molecule has 88 valence electrons. The maximum Gasteiger partial charge on any atom is 0.0508 e. The molecular weight excluding hydrogens is 264 g/mol. The highest BCUT2D eigenvalue weighted by Crippen LogP contribution is 2.35. The van der Waals surface area contributed by atoms with Crippen molar-refractivity contribution in [3.8, 4) is 0 Å². The summed E-state index contributed by atoms with van der Waals surface area (Å²) in [6, 6.07) is 6.65. The van der Waals surface area contributed by atoms with Crippen LogP contribution in [0.1, 0.15) is 25.3 Å². The van der Waals surface area contributed by atoms with E-state index in [1.54, 1.807) is 0 Å². The number of halogens is 1. The predicted molar refractivity (Wildman–Crippen MR) is 73.1 cm³/mol. The Labute approximate surface area is 106 Å². The lowest BCUT2D eigenvalue weighted by atomic mass is 9.90. The summed E-state index contributed by atoms with van der Waals surface area (Å²) in [5.74, 6) is 0. The van der Waals surface area contributed by atoms with E-state index in [1.807, 2.05) is 0 Å². The standard InChI is InChI=1S/C13H19BrN2/c1-13(7-4-8-15-13)10-5-6-11(14)12(9-10)16(2)3/h5-6,9,15H,4,7-8H2,1-3H3. The summed E-state index contributed by atoms with van der Waals surface area (Å²) < 4.78 is 1.16. The van der Waals surface area contributed by atoms with Gasteiger partial charge in [0.2, 0.25) is 0 Å². The Bertz CT molecular complexity index is 382. The van der Waals surface area contributed by atoms with Crippen LogP contribution in [0.15, 0.2) is 22.7 Å². The first kappa shape index (κ1) is 11.9. The molecule has 0 spiro atoms. The average Bonchev–Trinajstić information content (AvgIpc) is 2.66. The van der Waals surface area contributed by atoms with Gasteiger partial charge in [0.05, 0.1) is 5.69 Å². The molecule has 1 N–H and O–H groups in total. The zero-order valence-corrected chi connectivity index (χ0v) is 11.8. The van der Waals surface area contributed by atoms with Gasteiger partial charge in [-0.1, -0.05) is 6.07 Å².